The maximum Gasteiger partial charge on any atom is 0.315 e. The summed E-state index contributed by atoms with van der Waals surface area (Å²) >= 11 is 0. The topological polar surface area (TPSA) is 96.9 Å². The Morgan fingerprint density at radius 3 is 2.75 bits per heavy atom. The summed E-state index contributed by atoms with van der Waals surface area (Å²) in [5.41, 5.74) is 0.172. The molecule has 1 aliphatic carbocycles. The van der Waals surface area contributed by atoms with Gasteiger partial charge in [-0.3, -0.25) is 4.79 Å². The van der Waals surface area contributed by atoms with Crippen LogP contribution in [0.1, 0.15) is 19.3 Å². The Labute approximate surface area is 118 Å². The number of carbonyl (C=O) groups excluding carboxylic acids is 1. The molecule has 2 rings (SSSR count). The number of amides is 2. The van der Waals surface area contributed by atoms with E-state index in [2.05, 4.69) is 10.6 Å². The summed E-state index contributed by atoms with van der Waals surface area (Å²) in [6.07, 6.45) is 3.13. The zero-order chi connectivity index (χ0) is 14.6. The minimum absolute atomic E-state index is 0.151. The third-order valence-electron chi connectivity index (χ3n) is 4.13. The van der Waals surface area contributed by atoms with Gasteiger partial charge in [-0.2, -0.15) is 0 Å². The van der Waals surface area contributed by atoms with E-state index in [0.29, 0.717) is 13.2 Å². The number of ether oxygens (including phenoxy) is 2. The molecule has 1 saturated carbocycles. The van der Waals surface area contributed by atoms with E-state index in [1.807, 2.05) is 0 Å². The number of carboxylic acids is 1. The molecule has 2 aliphatic rings. The van der Waals surface area contributed by atoms with Crippen molar-refractivity contribution in [2.24, 2.45) is 11.3 Å². The fourth-order valence-corrected chi connectivity index (χ4v) is 2.44. The molecule has 0 spiro atoms. The summed E-state index contributed by atoms with van der Waals surface area (Å²) in [7, 11) is 1.67. The van der Waals surface area contributed by atoms with Gasteiger partial charge in [0.05, 0.1) is 19.3 Å². The van der Waals surface area contributed by atoms with Crippen LogP contribution in [-0.2, 0) is 14.3 Å². The average Bonchev–Trinajstić information content (AvgIpc) is 3.04. The molecule has 2 unspecified atom stereocenters. The van der Waals surface area contributed by atoms with Crippen LogP contribution in [0.15, 0.2) is 0 Å². The van der Waals surface area contributed by atoms with Crippen molar-refractivity contribution in [3.05, 3.63) is 0 Å². The molecule has 7 heteroatoms. The van der Waals surface area contributed by atoms with Gasteiger partial charge in [0.2, 0.25) is 0 Å². The molecule has 3 N–H and O–H groups in total. The van der Waals surface area contributed by atoms with E-state index in [1.165, 1.54) is 0 Å². The van der Waals surface area contributed by atoms with Crippen molar-refractivity contribution in [1.82, 2.24) is 10.6 Å². The first kappa shape index (κ1) is 15.1. The smallest absolute Gasteiger partial charge is 0.315 e. The molecule has 0 aromatic carbocycles. The van der Waals surface area contributed by atoms with E-state index in [9.17, 15) is 9.59 Å². The van der Waals surface area contributed by atoms with Crippen molar-refractivity contribution >= 4 is 12.0 Å². The third kappa shape index (κ3) is 3.83. The molecule has 2 fully saturated rings. The third-order valence-corrected chi connectivity index (χ3v) is 4.13. The number of aliphatic carboxylic acids is 1. The van der Waals surface area contributed by atoms with Gasteiger partial charge in [-0.15, -0.1) is 0 Å². The number of methoxy groups -OCH3 is 1. The van der Waals surface area contributed by atoms with Crippen molar-refractivity contribution in [1.29, 1.82) is 0 Å². The fraction of sp³-hybridized carbons (Fsp3) is 0.846. The second kappa shape index (κ2) is 6.41. The molecule has 0 aromatic heterocycles. The first-order chi connectivity index (χ1) is 9.56. The van der Waals surface area contributed by atoms with Gasteiger partial charge in [-0.05, 0) is 24.7 Å². The van der Waals surface area contributed by atoms with Gasteiger partial charge in [0.25, 0.3) is 0 Å². The van der Waals surface area contributed by atoms with Crippen LogP contribution in [0.5, 0.6) is 0 Å². The van der Waals surface area contributed by atoms with E-state index in [-0.39, 0.29) is 24.7 Å². The summed E-state index contributed by atoms with van der Waals surface area (Å²) in [6.45, 7) is 1.70. The van der Waals surface area contributed by atoms with E-state index < -0.39 is 17.9 Å². The number of carboxylic acid groups (broad SMARTS) is 1. The predicted octanol–water partition coefficient (Wildman–Crippen LogP) is 0.202. The average molecular weight is 286 g/mol. The normalized spacial score (nSPS) is 27.1. The first-order valence-electron chi connectivity index (χ1n) is 6.90. The Bertz CT molecular complexity index is 370. The highest BCUT2D eigenvalue weighted by atomic mass is 16.5. The van der Waals surface area contributed by atoms with E-state index in [0.717, 1.165) is 19.3 Å². The Morgan fingerprint density at radius 1 is 1.40 bits per heavy atom. The van der Waals surface area contributed by atoms with Crippen LogP contribution in [0, 0.1) is 11.3 Å². The van der Waals surface area contributed by atoms with Gasteiger partial charge in [0.1, 0.15) is 5.92 Å². The van der Waals surface area contributed by atoms with Crippen LogP contribution in [0.3, 0.4) is 0 Å². The molecular weight excluding hydrogens is 264 g/mol. The highest BCUT2D eigenvalue weighted by molar-refractivity contribution is 5.77. The maximum absolute atomic E-state index is 11.8. The molecule has 7 nitrogen and oxygen atoms in total. The van der Waals surface area contributed by atoms with Gasteiger partial charge in [0, 0.05) is 20.3 Å². The largest absolute Gasteiger partial charge is 0.481 e. The zero-order valence-corrected chi connectivity index (χ0v) is 11.7. The van der Waals surface area contributed by atoms with Crippen LogP contribution in [0.2, 0.25) is 0 Å². The summed E-state index contributed by atoms with van der Waals surface area (Å²) in [4.78, 5) is 22.8. The summed E-state index contributed by atoms with van der Waals surface area (Å²) < 4.78 is 10.2. The summed E-state index contributed by atoms with van der Waals surface area (Å²) in [5, 5.41) is 14.5. The van der Waals surface area contributed by atoms with Crippen molar-refractivity contribution in [3.8, 4) is 0 Å². The Balaban J connectivity index is 1.71. The van der Waals surface area contributed by atoms with Gasteiger partial charge in [0.15, 0.2) is 0 Å². The Kier molecular flexibility index (Phi) is 4.82. The lowest BCUT2D eigenvalue weighted by molar-refractivity contribution is -0.142. The van der Waals surface area contributed by atoms with Crippen molar-refractivity contribution in [3.63, 3.8) is 0 Å². The minimum atomic E-state index is -0.938. The SMILES string of the molecule is COCCC1(CNC(=O)NC2COCC2C(=O)O)CC1. The van der Waals surface area contributed by atoms with E-state index in [1.54, 1.807) is 7.11 Å². The first-order valence-corrected chi connectivity index (χ1v) is 6.90. The summed E-state index contributed by atoms with van der Waals surface area (Å²) in [6, 6.07) is -0.780. The van der Waals surface area contributed by atoms with Crippen molar-refractivity contribution in [2.45, 2.75) is 25.3 Å². The van der Waals surface area contributed by atoms with Crippen LogP contribution < -0.4 is 10.6 Å². The van der Waals surface area contributed by atoms with E-state index >= 15 is 0 Å². The molecule has 20 heavy (non-hydrogen) atoms. The number of hydrogen-bond donors (Lipinski definition) is 3. The number of hydrogen-bond acceptors (Lipinski definition) is 4. The number of carbonyl (C=O) groups is 2. The lowest BCUT2D eigenvalue weighted by atomic mass is 10.0. The summed E-state index contributed by atoms with van der Waals surface area (Å²) in [5.74, 6) is -1.60. The van der Waals surface area contributed by atoms with Crippen LogP contribution in [-0.4, -0.2) is 56.6 Å². The van der Waals surface area contributed by atoms with Gasteiger partial charge in [-0.1, -0.05) is 0 Å². The quantitative estimate of drug-likeness (QED) is 0.621. The maximum atomic E-state index is 11.8. The second-order valence-corrected chi connectivity index (χ2v) is 5.66. The number of nitrogens with one attached hydrogen (secondary N) is 2. The monoisotopic (exact) mass is 286 g/mol. The molecule has 2 atom stereocenters. The lowest BCUT2D eigenvalue weighted by Crippen LogP contribution is -2.48. The van der Waals surface area contributed by atoms with Crippen LogP contribution in [0.4, 0.5) is 4.79 Å². The fourth-order valence-electron chi connectivity index (χ4n) is 2.44. The van der Waals surface area contributed by atoms with Gasteiger partial charge in [-0.25, -0.2) is 4.79 Å². The second-order valence-electron chi connectivity index (χ2n) is 5.66. The van der Waals surface area contributed by atoms with E-state index in [4.69, 9.17) is 14.6 Å². The molecule has 1 heterocycles. The predicted molar refractivity (Wildman–Crippen MR) is 70.4 cm³/mol. The van der Waals surface area contributed by atoms with Crippen LogP contribution >= 0.6 is 0 Å². The molecule has 2 amide bonds. The Morgan fingerprint density at radius 2 is 2.15 bits per heavy atom. The molecule has 0 bridgehead atoms. The highest BCUT2D eigenvalue weighted by Crippen LogP contribution is 2.48. The Hall–Kier alpha value is -1.34. The lowest BCUT2D eigenvalue weighted by Gasteiger charge is -2.19. The zero-order valence-electron chi connectivity index (χ0n) is 11.7. The standard InChI is InChI=1S/C13H22N2O5/c1-19-5-4-13(2-3-13)8-14-12(18)15-10-7-20-6-9(10)11(16)17/h9-10H,2-8H2,1H3,(H,16,17)(H2,14,15,18). The van der Waals surface area contributed by atoms with Gasteiger partial charge >= 0.3 is 12.0 Å². The molecule has 0 aromatic rings. The van der Waals surface area contributed by atoms with Crippen LogP contribution in [0.25, 0.3) is 0 Å². The molecule has 1 saturated heterocycles. The van der Waals surface area contributed by atoms with Crippen molar-refractivity contribution < 1.29 is 24.2 Å². The number of urea groups is 1. The minimum Gasteiger partial charge on any atom is -0.481 e. The number of rotatable bonds is 7. The van der Waals surface area contributed by atoms with Gasteiger partial charge < -0.3 is 25.2 Å². The highest BCUT2D eigenvalue weighted by Gasteiger charge is 2.42. The van der Waals surface area contributed by atoms with Crippen molar-refractivity contribution in [2.75, 3.05) is 33.5 Å². The molecular formula is C13H22N2O5. The molecule has 0 radical (unpaired) electrons. The molecule has 1 aliphatic heterocycles. The molecule has 114 valence electrons.